The maximum absolute atomic E-state index is 13.1. The minimum Gasteiger partial charge on any atom is -0.307 e. The maximum Gasteiger partial charge on any atom is 0.337 e. The van der Waals surface area contributed by atoms with Gasteiger partial charge in [0.1, 0.15) is 5.25 Å². The topological polar surface area (TPSA) is 55.9 Å². The van der Waals surface area contributed by atoms with E-state index < -0.39 is 0 Å². The van der Waals surface area contributed by atoms with Crippen LogP contribution in [0.5, 0.6) is 0 Å². The van der Waals surface area contributed by atoms with Gasteiger partial charge in [0.15, 0.2) is 6.29 Å². The number of carbonyl (C=O) groups excluding carboxylic acids is 2. The van der Waals surface area contributed by atoms with E-state index in [-0.39, 0.29) is 29.5 Å². The molecular weight excluding hydrogens is 416 g/mol. The lowest BCUT2D eigenvalue weighted by Gasteiger charge is -2.44. The molecule has 1 aromatic carbocycles. The molecule has 140 valence electrons. The van der Waals surface area contributed by atoms with E-state index in [1.807, 2.05) is 34.1 Å². The Hall–Kier alpha value is -1.25. The summed E-state index contributed by atoms with van der Waals surface area (Å²) in [5.74, 6) is 1.44. The van der Waals surface area contributed by atoms with Crippen LogP contribution in [0.25, 0.3) is 0 Å². The van der Waals surface area contributed by atoms with E-state index in [0.717, 1.165) is 22.2 Å². The summed E-state index contributed by atoms with van der Waals surface area (Å²) in [5.41, 5.74) is 4.34. The molecule has 0 aromatic heterocycles. The van der Waals surface area contributed by atoms with E-state index >= 15 is 0 Å². The van der Waals surface area contributed by atoms with Gasteiger partial charge in [-0.1, -0.05) is 41.9 Å². The van der Waals surface area contributed by atoms with Crippen LogP contribution in [0.1, 0.15) is 25.8 Å². The molecule has 3 amide bonds. The highest BCUT2D eigenvalue weighted by Crippen LogP contribution is 2.39. The van der Waals surface area contributed by atoms with Crippen molar-refractivity contribution in [1.29, 1.82) is 0 Å². The third kappa shape index (κ3) is 3.12. The zero-order valence-corrected chi connectivity index (χ0v) is 17.3. The van der Waals surface area contributed by atoms with Crippen LogP contribution < -0.4 is 5.43 Å². The number of fused-ring (bicyclic) bond motifs is 3. The van der Waals surface area contributed by atoms with Crippen LogP contribution in [0.15, 0.2) is 28.7 Å². The van der Waals surface area contributed by atoms with E-state index in [4.69, 9.17) is 0 Å². The summed E-state index contributed by atoms with van der Waals surface area (Å²) in [5, 5.41) is 1.53. The van der Waals surface area contributed by atoms with Gasteiger partial charge in [-0.05, 0) is 35.8 Å². The number of carbonyl (C=O) groups is 2. The van der Waals surface area contributed by atoms with E-state index in [1.165, 1.54) is 0 Å². The highest BCUT2D eigenvalue weighted by atomic mass is 79.9. The van der Waals surface area contributed by atoms with Gasteiger partial charge in [-0.3, -0.25) is 14.7 Å². The molecule has 3 heterocycles. The molecule has 6 nitrogen and oxygen atoms in total. The van der Waals surface area contributed by atoms with Crippen molar-refractivity contribution in [3.63, 3.8) is 0 Å². The minimum absolute atomic E-state index is 0.00609. The fourth-order valence-electron chi connectivity index (χ4n) is 3.94. The first-order valence-electron chi connectivity index (χ1n) is 8.98. The summed E-state index contributed by atoms with van der Waals surface area (Å²) in [6.45, 7) is 5.32. The number of amides is 3. The second-order valence-electron chi connectivity index (χ2n) is 7.44. The van der Waals surface area contributed by atoms with E-state index in [0.29, 0.717) is 19.0 Å². The molecule has 26 heavy (non-hydrogen) atoms. The molecular formula is C18H23BrN4O2S. The molecule has 3 atom stereocenters. The molecule has 3 aliphatic rings. The Morgan fingerprint density at radius 1 is 1.35 bits per heavy atom. The van der Waals surface area contributed by atoms with Crippen molar-refractivity contribution < 1.29 is 9.59 Å². The Labute approximate surface area is 166 Å². The number of rotatable bonds is 4. The van der Waals surface area contributed by atoms with E-state index in [1.54, 1.807) is 16.8 Å². The molecule has 0 bridgehead atoms. The van der Waals surface area contributed by atoms with E-state index in [2.05, 4.69) is 35.2 Å². The second-order valence-corrected chi connectivity index (χ2v) is 9.61. The average Bonchev–Trinajstić information content (AvgIpc) is 3.17. The summed E-state index contributed by atoms with van der Waals surface area (Å²) in [7, 11) is 0. The molecule has 0 radical (unpaired) electrons. The number of hydrazine groups is 1. The molecule has 3 saturated heterocycles. The molecule has 3 unspecified atom stereocenters. The Bertz CT molecular complexity index is 731. The molecule has 0 aliphatic carbocycles. The number of nitrogens with one attached hydrogen (secondary N) is 1. The molecule has 8 heteroatoms. The Morgan fingerprint density at radius 3 is 2.88 bits per heavy atom. The number of benzene rings is 1. The zero-order chi connectivity index (χ0) is 18.4. The van der Waals surface area contributed by atoms with Gasteiger partial charge in [0, 0.05) is 11.0 Å². The van der Waals surface area contributed by atoms with Crippen molar-refractivity contribution in [1.82, 2.24) is 20.2 Å². The number of urea groups is 1. The SMILES string of the molecule is CC(C)CN1C(=O)C2SCCC2N2C(=O)N(Cc3cccc(Br)c3)NC12. The number of nitrogens with zero attached hydrogens (tertiary/aromatic N) is 3. The molecule has 3 aliphatic heterocycles. The number of hydrogen-bond donors (Lipinski definition) is 1. The Balaban J connectivity index is 1.61. The van der Waals surface area contributed by atoms with Crippen molar-refractivity contribution in [3.05, 3.63) is 34.3 Å². The molecule has 4 rings (SSSR count). The van der Waals surface area contributed by atoms with Gasteiger partial charge in [0.25, 0.3) is 0 Å². The third-order valence-corrected chi connectivity index (χ3v) is 6.86. The highest BCUT2D eigenvalue weighted by molar-refractivity contribution is 9.10. The summed E-state index contributed by atoms with van der Waals surface area (Å²) >= 11 is 5.17. The molecule has 3 fully saturated rings. The summed E-state index contributed by atoms with van der Waals surface area (Å²) in [4.78, 5) is 29.9. The van der Waals surface area contributed by atoms with Crippen LogP contribution in [-0.2, 0) is 11.3 Å². The lowest BCUT2D eigenvalue weighted by atomic mass is 10.0. The van der Waals surface area contributed by atoms with Crippen molar-refractivity contribution in [2.45, 2.75) is 44.4 Å². The van der Waals surface area contributed by atoms with Crippen LogP contribution in [0.3, 0.4) is 0 Å². The van der Waals surface area contributed by atoms with Crippen LogP contribution in [-0.4, -0.2) is 56.6 Å². The largest absolute Gasteiger partial charge is 0.337 e. The maximum atomic E-state index is 13.1. The van der Waals surface area contributed by atoms with Crippen LogP contribution >= 0.6 is 27.7 Å². The van der Waals surface area contributed by atoms with Gasteiger partial charge >= 0.3 is 6.03 Å². The highest BCUT2D eigenvalue weighted by Gasteiger charge is 2.55. The monoisotopic (exact) mass is 438 g/mol. The first kappa shape index (κ1) is 18.1. The fraction of sp³-hybridized carbons (Fsp3) is 0.556. The zero-order valence-electron chi connectivity index (χ0n) is 14.9. The van der Waals surface area contributed by atoms with Gasteiger partial charge in [-0.2, -0.15) is 5.43 Å². The predicted molar refractivity (Wildman–Crippen MR) is 105 cm³/mol. The molecule has 1 N–H and O–H groups in total. The standard InChI is InChI=1S/C18H23BrN4O2S/c1-11(2)9-21-16(24)15-14(6-7-26-15)23-17(21)20-22(18(23)25)10-12-4-3-5-13(19)8-12/h3-5,8,11,14-15,17,20H,6-7,9-10H2,1-2H3. The third-order valence-electron chi connectivity index (χ3n) is 5.02. The minimum atomic E-state index is -0.371. The molecule has 0 spiro atoms. The normalized spacial score (nSPS) is 28.2. The summed E-state index contributed by atoms with van der Waals surface area (Å²) < 4.78 is 0.989. The van der Waals surface area contributed by atoms with Gasteiger partial charge in [0.2, 0.25) is 5.91 Å². The van der Waals surface area contributed by atoms with Crippen LogP contribution in [0.4, 0.5) is 4.79 Å². The van der Waals surface area contributed by atoms with Gasteiger partial charge in [0.05, 0.1) is 12.6 Å². The summed E-state index contributed by atoms with van der Waals surface area (Å²) in [6.07, 6.45) is 0.509. The lowest BCUT2D eigenvalue weighted by Crippen LogP contribution is -2.66. The predicted octanol–water partition coefficient (Wildman–Crippen LogP) is 2.85. The Morgan fingerprint density at radius 2 is 2.15 bits per heavy atom. The quantitative estimate of drug-likeness (QED) is 0.784. The average molecular weight is 439 g/mol. The van der Waals surface area contributed by atoms with Crippen LogP contribution in [0, 0.1) is 5.92 Å². The van der Waals surface area contributed by atoms with Gasteiger partial charge in [-0.15, -0.1) is 11.8 Å². The lowest BCUT2D eigenvalue weighted by molar-refractivity contribution is -0.145. The van der Waals surface area contributed by atoms with Crippen molar-refractivity contribution in [3.8, 4) is 0 Å². The Kier molecular flexibility index (Phi) is 4.92. The number of hydrogen-bond acceptors (Lipinski definition) is 4. The number of halogens is 1. The number of thioether (sulfide) groups is 1. The van der Waals surface area contributed by atoms with Gasteiger partial charge in [-0.25, -0.2) is 4.79 Å². The first-order valence-corrected chi connectivity index (χ1v) is 10.8. The van der Waals surface area contributed by atoms with Gasteiger partial charge < -0.3 is 4.90 Å². The molecule has 0 saturated carbocycles. The van der Waals surface area contributed by atoms with E-state index in [9.17, 15) is 9.59 Å². The molecule has 1 aromatic rings. The second kappa shape index (κ2) is 7.05. The van der Waals surface area contributed by atoms with Crippen molar-refractivity contribution in [2.24, 2.45) is 5.92 Å². The van der Waals surface area contributed by atoms with Crippen molar-refractivity contribution in [2.75, 3.05) is 12.3 Å². The summed E-state index contributed by atoms with van der Waals surface area (Å²) in [6, 6.07) is 7.91. The van der Waals surface area contributed by atoms with Crippen LogP contribution in [0.2, 0.25) is 0 Å². The van der Waals surface area contributed by atoms with Crippen molar-refractivity contribution >= 4 is 39.6 Å². The first-order chi connectivity index (χ1) is 12.5. The smallest absolute Gasteiger partial charge is 0.307 e. The fourth-order valence-corrected chi connectivity index (χ4v) is 5.79.